The summed E-state index contributed by atoms with van der Waals surface area (Å²) in [4.78, 5) is 16.1. The zero-order valence-corrected chi connectivity index (χ0v) is 18.8. The van der Waals surface area contributed by atoms with Crippen LogP contribution in [0.1, 0.15) is 30.9 Å². The third kappa shape index (κ3) is 6.85. The number of carbonyl (C=O) groups excluding carboxylic acids is 1. The molecular formula is C25H30N2O5. The largest absolute Gasteiger partial charge is 0.487 e. The van der Waals surface area contributed by atoms with Crippen LogP contribution < -0.4 is 10.1 Å². The molecule has 1 amide bonds. The number of aromatic nitrogens is 1. The second-order valence-electron chi connectivity index (χ2n) is 7.20. The summed E-state index contributed by atoms with van der Waals surface area (Å²) in [7, 11) is 0. The van der Waals surface area contributed by atoms with Crippen molar-refractivity contribution in [1.82, 2.24) is 10.3 Å². The third-order valence-corrected chi connectivity index (χ3v) is 4.83. The van der Waals surface area contributed by atoms with Gasteiger partial charge in [-0.3, -0.25) is 0 Å². The highest BCUT2D eigenvalue weighted by Gasteiger charge is 2.14. The van der Waals surface area contributed by atoms with Crippen LogP contribution >= 0.6 is 0 Å². The molecule has 7 heteroatoms. The minimum absolute atomic E-state index is 0.134. The molecule has 1 aromatic heterocycles. The molecule has 3 rings (SSSR count). The molecule has 170 valence electrons. The summed E-state index contributed by atoms with van der Waals surface area (Å²) in [5.41, 5.74) is 2.80. The van der Waals surface area contributed by atoms with Crippen molar-refractivity contribution in [3.8, 4) is 17.2 Å². The number of aryl methyl sites for hydroxylation is 1. The molecule has 1 atom stereocenters. The van der Waals surface area contributed by atoms with Gasteiger partial charge in [-0.05, 0) is 50.6 Å². The zero-order chi connectivity index (χ0) is 22.8. The lowest BCUT2D eigenvalue weighted by atomic mass is 10.1. The molecule has 0 unspecified atom stereocenters. The van der Waals surface area contributed by atoms with Crippen LogP contribution in [0.2, 0.25) is 0 Å². The Kier molecular flexibility index (Phi) is 8.69. The molecule has 0 fully saturated rings. The summed E-state index contributed by atoms with van der Waals surface area (Å²) in [5, 5.41) is 2.73. The number of nitrogens with one attached hydrogen (secondary N) is 1. The maximum absolute atomic E-state index is 11.5. The fraction of sp³-hybridized carbons (Fsp3) is 0.360. The van der Waals surface area contributed by atoms with Crippen molar-refractivity contribution in [3.05, 3.63) is 71.6 Å². The summed E-state index contributed by atoms with van der Waals surface area (Å²) < 4.78 is 22.3. The van der Waals surface area contributed by atoms with E-state index >= 15 is 0 Å². The van der Waals surface area contributed by atoms with E-state index in [2.05, 4.69) is 10.3 Å². The third-order valence-electron chi connectivity index (χ3n) is 4.83. The van der Waals surface area contributed by atoms with E-state index in [1.807, 2.05) is 68.4 Å². The quantitative estimate of drug-likeness (QED) is 0.457. The molecule has 32 heavy (non-hydrogen) atoms. The smallest absolute Gasteiger partial charge is 0.407 e. The Morgan fingerprint density at radius 3 is 2.50 bits per heavy atom. The van der Waals surface area contributed by atoms with Crippen LogP contribution in [-0.4, -0.2) is 36.9 Å². The van der Waals surface area contributed by atoms with Gasteiger partial charge < -0.3 is 23.9 Å². The molecule has 0 saturated heterocycles. The molecule has 2 aromatic carbocycles. The molecule has 3 aromatic rings. The average Bonchev–Trinajstić information content (AvgIpc) is 3.18. The average molecular weight is 439 g/mol. The Morgan fingerprint density at radius 1 is 1.06 bits per heavy atom. The Balaban J connectivity index is 1.54. The zero-order valence-electron chi connectivity index (χ0n) is 18.8. The number of rotatable bonds is 11. The van der Waals surface area contributed by atoms with Gasteiger partial charge in [0.2, 0.25) is 5.89 Å². The molecule has 0 bridgehead atoms. The van der Waals surface area contributed by atoms with Crippen molar-refractivity contribution < 1.29 is 23.4 Å². The molecule has 0 radical (unpaired) electrons. The van der Waals surface area contributed by atoms with E-state index < -0.39 is 6.09 Å². The van der Waals surface area contributed by atoms with Crippen molar-refractivity contribution in [2.75, 3.05) is 19.8 Å². The first kappa shape index (κ1) is 23.3. The Hall–Kier alpha value is -3.32. The molecular weight excluding hydrogens is 408 g/mol. The van der Waals surface area contributed by atoms with Gasteiger partial charge in [0.1, 0.15) is 23.8 Å². The molecule has 7 nitrogen and oxygen atoms in total. The molecule has 0 aliphatic heterocycles. The first-order valence-corrected chi connectivity index (χ1v) is 10.8. The second kappa shape index (κ2) is 11.9. The van der Waals surface area contributed by atoms with Crippen LogP contribution in [0.4, 0.5) is 4.79 Å². The highest BCUT2D eigenvalue weighted by molar-refractivity contribution is 5.67. The molecule has 0 saturated carbocycles. The highest BCUT2D eigenvalue weighted by atomic mass is 16.5. The van der Waals surface area contributed by atoms with Crippen molar-refractivity contribution in [2.24, 2.45) is 0 Å². The number of ether oxygens (including phenoxy) is 3. The van der Waals surface area contributed by atoms with Gasteiger partial charge in [-0.2, -0.15) is 0 Å². The standard InChI is InChI=1S/C25H30N2O5/c1-4-29-22(16-26-25(28)30-5-2)15-19-11-13-21(14-12-19)31-17-23-18(3)32-24(27-23)20-9-7-6-8-10-20/h6-14,22H,4-5,15-17H2,1-3H3,(H,26,28)/t22-/m0/s1. The van der Waals surface area contributed by atoms with Gasteiger partial charge in [0.25, 0.3) is 0 Å². The normalized spacial score (nSPS) is 11.7. The SMILES string of the molecule is CCOC(=O)NC[C@H](Cc1ccc(OCc2nc(-c3ccccc3)oc2C)cc1)OCC. The van der Waals surface area contributed by atoms with Crippen LogP contribution in [0.3, 0.4) is 0 Å². The Morgan fingerprint density at radius 2 is 1.81 bits per heavy atom. The first-order chi connectivity index (χ1) is 15.6. The number of oxazole rings is 1. The van der Waals surface area contributed by atoms with Crippen molar-refractivity contribution in [1.29, 1.82) is 0 Å². The van der Waals surface area contributed by atoms with Gasteiger partial charge >= 0.3 is 6.09 Å². The number of hydrogen-bond donors (Lipinski definition) is 1. The van der Waals surface area contributed by atoms with Gasteiger partial charge in [-0.25, -0.2) is 9.78 Å². The maximum Gasteiger partial charge on any atom is 0.407 e. The number of nitrogens with zero attached hydrogens (tertiary/aromatic N) is 1. The number of alkyl carbamates (subject to hydrolysis) is 1. The Labute approximate surface area is 188 Å². The predicted octanol–water partition coefficient (Wildman–Crippen LogP) is 4.92. The van der Waals surface area contributed by atoms with Gasteiger partial charge in [0.15, 0.2) is 0 Å². The fourth-order valence-corrected chi connectivity index (χ4v) is 3.21. The lowest BCUT2D eigenvalue weighted by molar-refractivity contribution is 0.0608. The Bertz CT molecular complexity index is 970. The minimum atomic E-state index is -0.431. The van der Waals surface area contributed by atoms with Crippen molar-refractivity contribution >= 4 is 6.09 Å². The van der Waals surface area contributed by atoms with E-state index in [1.54, 1.807) is 6.92 Å². The van der Waals surface area contributed by atoms with Crippen LogP contribution in [0.25, 0.3) is 11.5 Å². The van der Waals surface area contributed by atoms with Gasteiger partial charge in [0.05, 0.1) is 12.7 Å². The van der Waals surface area contributed by atoms with E-state index in [-0.39, 0.29) is 6.10 Å². The monoisotopic (exact) mass is 438 g/mol. The number of amides is 1. The van der Waals surface area contributed by atoms with E-state index in [1.165, 1.54) is 0 Å². The highest BCUT2D eigenvalue weighted by Crippen LogP contribution is 2.23. The van der Waals surface area contributed by atoms with Gasteiger partial charge in [-0.1, -0.05) is 30.3 Å². The summed E-state index contributed by atoms with van der Waals surface area (Å²) in [5.74, 6) is 2.08. The van der Waals surface area contributed by atoms with Crippen LogP contribution in [0, 0.1) is 6.92 Å². The van der Waals surface area contributed by atoms with E-state index in [0.29, 0.717) is 38.7 Å². The lowest BCUT2D eigenvalue weighted by Gasteiger charge is -2.18. The number of benzene rings is 2. The van der Waals surface area contributed by atoms with Crippen LogP contribution in [0.5, 0.6) is 5.75 Å². The fourth-order valence-electron chi connectivity index (χ4n) is 3.21. The van der Waals surface area contributed by atoms with Crippen LogP contribution in [-0.2, 0) is 22.5 Å². The van der Waals surface area contributed by atoms with Gasteiger partial charge in [0, 0.05) is 25.1 Å². The van der Waals surface area contributed by atoms with Crippen molar-refractivity contribution in [3.63, 3.8) is 0 Å². The molecule has 1 N–H and O–H groups in total. The molecule has 0 spiro atoms. The summed E-state index contributed by atoms with van der Waals surface area (Å²) in [6.45, 7) is 7.22. The number of carbonyl (C=O) groups is 1. The van der Waals surface area contributed by atoms with Crippen LogP contribution in [0.15, 0.2) is 59.0 Å². The van der Waals surface area contributed by atoms with Crippen molar-refractivity contribution in [2.45, 2.75) is 39.9 Å². The topological polar surface area (TPSA) is 82.8 Å². The maximum atomic E-state index is 11.5. The molecule has 1 heterocycles. The summed E-state index contributed by atoms with van der Waals surface area (Å²) in [6, 6.07) is 17.6. The molecule has 0 aliphatic carbocycles. The summed E-state index contributed by atoms with van der Waals surface area (Å²) >= 11 is 0. The lowest BCUT2D eigenvalue weighted by Crippen LogP contribution is -2.35. The minimum Gasteiger partial charge on any atom is -0.487 e. The number of hydrogen-bond acceptors (Lipinski definition) is 6. The first-order valence-electron chi connectivity index (χ1n) is 10.8. The second-order valence-corrected chi connectivity index (χ2v) is 7.20. The van der Waals surface area contributed by atoms with E-state index in [0.717, 1.165) is 28.3 Å². The van der Waals surface area contributed by atoms with Gasteiger partial charge in [-0.15, -0.1) is 0 Å². The molecule has 0 aliphatic rings. The van der Waals surface area contributed by atoms with E-state index in [4.69, 9.17) is 18.6 Å². The predicted molar refractivity (Wildman–Crippen MR) is 122 cm³/mol. The van der Waals surface area contributed by atoms with E-state index in [9.17, 15) is 4.79 Å². The summed E-state index contributed by atoms with van der Waals surface area (Å²) in [6.07, 6.45) is 0.105.